The third kappa shape index (κ3) is 3.18. The predicted octanol–water partition coefficient (Wildman–Crippen LogP) is 2.43. The average Bonchev–Trinajstić information content (AvgIpc) is 2.38. The molecule has 0 aliphatic carbocycles. The summed E-state index contributed by atoms with van der Waals surface area (Å²) in [4.78, 5) is 11.4. The Morgan fingerprint density at radius 3 is 2.59 bits per heavy atom. The number of carbonyl (C=O) groups excluding carboxylic acids is 1. The van der Waals surface area contributed by atoms with Crippen LogP contribution in [0.4, 0.5) is 0 Å². The maximum Gasteiger partial charge on any atom is 0.337 e. The Morgan fingerprint density at radius 2 is 2.06 bits per heavy atom. The van der Waals surface area contributed by atoms with Crippen LogP contribution >= 0.6 is 7.37 Å². The maximum absolute atomic E-state index is 12.5. The topological polar surface area (TPSA) is 52.6 Å². The number of hydrogen-bond acceptors (Lipinski definition) is 4. The van der Waals surface area contributed by atoms with Crippen LogP contribution in [0.3, 0.4) is 0 Å². The molecule has 0 fully saturated rings. The smallest absolute Gasteiger partial charge is 0.337 e. The van der Waals surface area contributed by atoms with E-state index in [1.54, 1.807) is 24.3 Å². The van der Waals surface area contributed by atoms with Gasteiger partial charge in [0, 0.05) is 18.6 Å². The van der Waals surface area contributed by atoms with E-state index >= 15 is 0 Å². The third-order valence-corrected chi connectivity index (χ3v) is 5.16. The summed E-state index contributed by atoms with van der Waals surface area (Å²) >= 11 is 0. The second-order valence-electron chi connectivity index (χ2n) is 3.62. The van der Waals surface area contributed by atoms with Crippen LogP contribution < -0.4 is 5.30 Å². The highest BCUT2D eigenvalue weighted by molar-refractivity contribution is 7.66. The summed E-state index contributed by atoms with van der Waals surface area (Å²) in [5.41, 5.74) is 0.387. The summed E-state index contributed by atoms with van der Waals surface area (Å²) < 4.78 is 22.2. The number of hydrogen-bond donors (Lipinski definition) is 0. The predicted molar refractivity (Wildman–Crippen MR) is 67.2 cm³/mol. The lowest BCUT2D eigenvalue weighted by Gasteiger charge is -2.16. The van der Waals surface area contributed by atoms with Gasteiger partial charge in [-0.2, -0.15) is 0 Å². The van der Waals surface area contributed by atoms with Gasteiger partial charge in [-0.25, -0.2) is 4.79 Å². The molecule has 0 radical (unpaired) electrons. The number of benzene rings is 1. The van der Waals surface area contributed by atoms with Crippen LogP contribution in [0.2, 0.25) is 0 Å². The van der Waals surface area contributed by atoms with Crippen LogP contribution in [0.5, 0.6) is 0 Å². The summed E-state index contributed by atoms with van der Waals surface area (Å²) in [5, 5.41) is 0.560. The zero-order chi connectivity index (χ0) is 12.9. The molecule has 1 atom stereocenters. The van der Waals surface area contributed by atoms with E-state index in [1.165, 1.54) is 14.2 Å². The molecular formula is C12H17O4P. The first-order chi connectivity index (χ1) is 8.07. The first-order valence-corrected chi connectivity index (χ1v) is 7.22. The molecule has 0 amide bonds. The van der Waals surface area contributed by atoms with Crippen LogP contribution in [-0.2, 0) is 13.8 Å². The Hall–Kier alpha value is -1.12. The van der Waals surface area contributed by atoms with E-state index in [1.807, 2.05) is 6.92 Å². The quantitative estimate of drug-likeness (QED) is 0.599. The van der Waals surface area contributed by atoms with Crippen LogP contribution in [-0.4, -0.2) is 26.4 Å². The van der Waals surface area contributed by atoms with E-state index in [4.69, 9.17) is 4.52 Å². The lowest BCUT2D eigenvalue weighted by Crippen LogP contribution is -2.12. The van der Waals surface area contributed by atoms with Gasteiger partial charge in [-0.1, -0.05) is 13.0 Å². The molecule has 94 valence electrons. The van der Waals surface area contributed by atoms with Crippen molar-refractivity contribution in [2.45, 2.75) is 13.3 Å². The van der Waals surface area contributed by atoms with Gasteiger partial charge in [0.15, 0.2) is 0 Å². The van der Waals surface area contributed by atoms with E-state index in [0.29, 0.717) is 17.0 Å². The van der Waals surface area contributed by atoms with Gasteiger partial charge in [0.1, 0.15) is 0 Å². The van der Waals surface area contributed by atoms with Crippen molar-refractivity contribution in [1.29, 1.82) is 0 Å². The zero-order valence-corrected chi connectivity index (χ0v) is 11.2. The van der Waals surface area contributed by atoms with E-state index in [2.05, 4.69) is 4.74 Å². The van der Waals surface area contributed by atoms with Gasteiger partial charge in [-0.15, -0.1) is 0 Å². The van der Waals surface area contributed by atoms with Crippen molar-refractivity contribution in [2.75, 3.05) is 20.4 Å². The standard InChI is InChI=1S/C12H17O4P/c1-4-8-17(14,16-3)11-7-5-6-10(9-11)12(13)15-2/h5-7,9H,4,8H2,1-3H3. The normalized spacial score (nSPS) is 14.1. The lowest BCUT2D eigenvalue weighted by molar-refractivity contribution is 0.0601. The van der Waals surface area contributed by atoms with E-state index in [9.17, 15) is 9.36 Å². The van der Waals surface area contributed by atoms with E-state index in [0.717, 1.165) is 6.42 Å². The molecule has 0 saturated heterocycles. The van der Waals surface area contributed by atoms with Gasteiger partial charge in [0.25, 0.3) is 0 Å². The van der Waals surface area contributed by atoms with Crippen molar-refractivity contribution in [3.63, 3.8) is 0 Å². The van der Waals surface area contributed by atoms with Crippen molar-refractivity contribution in [2.24, 2.45) is 0 Å². The number of esters is 1. The number of ether oxygens (including phenoxy) is 1. The highest BCUT2D eigenvalue weighted by atomic mass is 31.2. The molecule has 1 rings (SSSR count). The third-order valence-electron chi connectivity index (χ3n) is 2.47. The van der Waals surface area contributed by atoms with Gasteiger partial charge in [0.05, 0.1) is 12.7 Å². The molecule has 1 aromatic rings. The van der Waals surface area contributed by atoms with Crippen molar-refractivity contribution in [1.82, 2.24) is 0 Å². The first kappa shape index (κ1) is 13.9. The molecule has 17 heavy (non-hydrogen) atoms. The number of carbonyl (C=O) groups is 1. The van der Waals surface area contributed by atoms with Gasteiger partial charge < -0.3 is 9.26 Å². The fraction of sp³-hybridized carbons (Fsp3) is 0.417. The molecule has 1 unspecified atom stereocenters. The maximum atomic E-state index is 12.5. The Bertz CT molecular complexity index is 442. The minimum Gasteiger partial charge on any atom is -0.465 e. The van der Waals surface area contributed by atoms with Crippen LogP contribution in [0.25, 0.3) is 0 Å². The van der Waals surface area contributed by atoms with Crippen molar-refractivity contribution in [3.8, 4) is 0 Å². The van der Waals surface area contributed by atoms with Crippen molar-refractivity contribution < 1.29 is 18.6 Å². The molecule has 0 aromatic heterocycles. The molecule has 0 aliphatic rings. The Morgan fingerprint density at radius 1 is 1.35 bits per heavy atom. The molecule has 0 bridgehead atoms. The Kier molecular flexibility index (Phi) is 4.91. The molecule has 0 N–H and O–H groups in total. The second-order valence-corrected chi connectivity index (χ2v) is 6.30. The Labute approximate surface area is 101 Å². The largest absolute Gasteiger partial charge is 0.465 e. The van der Waals surface area contributed by atoms with E-state index in [-0.39, 0.29) is 0 Å². The molecule has 0 spiro atoms. The highest BCUT2D eigenvalue weighted by Crippen LogP contribution is 2.45. The molecule has 0 aliphatic heterocycles. The minimum absolute atomic E-state index is 0.387. The summed E-state index contributed by atoms with van der Waals surface area (Å²) in [5.74, 6) is -0.439. The van der Waals surface area contributed by atoms with Gasteiger partial charge >= 0.3 is 5.97 Å². The van der Waals surface area contributed by atoms with Crippen LogP contribution in [0.15, 0.2) is 24.3 Å². The summed E-state index contributed by atoms with van der Waals surface area (Å²) in [7, 11) is -0.0893. The van der Waals surface area contributed by atoms with Crippen molar-refractivity contribution in [3.05, 3.63) is 29.8 Å². The SMILES string of the molecule is CCCP(=O)(OC)c1cccc(C(=O)OC)c1. The van der Waals surface area contributed by atoms with E-state index < -0.39 is 13.3 Å². The zero-order valence-electron chi connectivity index (χ0n) is 10.3. The summed E-state index contributed by atoms with van der Waals surface area (Å²) in [6.45, 7) is 1.94. The van der Waals surface area contributed by atoms with Crippen LogP contribution in [0.1, 0.15) is 23.7 Å². The van der Waals surface area contributed by atoms with Gasteiger partial charge in [-0.05, 0) is 24.6 Å². The monoisotopic (exact) mass is 256 g/mol. The fourth-order valence-electron chi connectivity index (χ4n) is 1.58. The number of rotatable bonds is 5. The lowest BCUT2D eigenvalue weighted by atomic mass is 10.2. The number of methoxy groups -OCH3 is 1. The molecule has 0 heterocycles. The van der Waals surface area contributed by atoms with Gasteiger partial charge in [-0.3, -0.25) is 4.57 Å². The first-order valence-electron chi connectivity index (χ1n) is 5.41. The van der Waals surface area contributed by atoms with Crippen molar-refractivity contribution >= 4 is 18.6 Å². The molecular weight excluding hydrogens is 239 g/mol. The molecule has 4 nitrogen and oxygen atoms in total. The fourth-order valence-corrected chi connectivity index (χ4v) is 3.47. The Balaban J connectivity index is 3.14. The molecule has 5 heteroatoms. The van der Waals surface area contributed by atoms with Gasteiger partial charge in [0.2, 0.25) is 7.37 Å². The molecule has 0 saturated carbocycles. The minimum atomic E-state index is -2.84. The summed E-state index contributed by atoms with van der Waals surface area (Å²) in [6, 6.07) is 6.60. The average molecular weight is 256 g/mol. The second kappa shape index (κ2) is 5.99. The van der Waals surface area contributed by atoms with Crippen LogP contribution in [0, 0.1) is 0 Å². The highest BCUT2D eigenvalue weighted by Gasteiger charge is 2.24. The molecule has 1 aromatic carbocycles. The summed E-state index contributed by atoms with van der Waals surface area (Å²) in [6.07, 6.45) is 1.22.